The molecule has 0 aliphatic rings. The molecule has 1 atom stereocenters. The molecule has 0 amide bonds. The van der Waals surface area contributed by atoms with Crippen molar-refractivity contribution in [3.05, 3.63) is 36.5 Å². The van der Waals surface area contributed by atoms with Crippen molar-refractivity contribution in [2.24, 2.45) is 0 Å². The molecule has 0 bridgehead atoms. The predicted octanol–water partition coefficient (Wildman–Crippen LogP) is 17.8. The maximum absolute atomic E-state index is 12.8. The van der Waals surface area contributed by atoms with Gasteiger partial charge in [-0.05, 0) is 77.0 Å². The first-order chi connectivity index (χ1) is 29.6. The van der Waals surface area contributed by atoms with Gasteiger partial charge in [0.2, 0.25) is 0 Å². The lowest BCUT2D eigenvalue weighted by molar-refractivity contribution is -0.163. The van der Waals surface area contributed by atoms with Gasteiger partial charge in [-0.3, -0.25) is 9.59 Å². The summed E-state index contributed by atoms with van der Waals surface area (Å²) >= 11 is 0. The van der Waals surface area contributed by atoms with Gasteiger partial charge in [0, 0.05) is 19.4 Å². The van der Waals surface area contributed by atoms with Crippen LogP contribution in [0.1, 0.15) is 278 Å². The Hall–Kier alpha value is -1.88. The third-order valence-corrected chi connectivity index (χ3v) is 11.6. The molecule has 0 N–H and O–H groups in total. The van der Waals surface area contributed by atoms with Gasteiger partial charge in [0.05, 0.1) is 6.61 Å². The maximum atomic E-state index is 12.8. The Bertz CT molecular complexity index is 955. The van der Waals surface area contributed by atoms with Gasteiger partial charge in [-0.2, -0.15) is 0 Å². The van der Waals surface area contributed by atoms with Crippen molar-refractivity contribution in [2.75, 3.05) is 19.8 Å². The highest BCUT2D eigenvalue weighted by atomic mass is 16.6. The van der Waals surface area contributed by atoms with Crippen molar-refractivity contribution in [3.63, 3.8) is 0 Å². The number of carbonyl (C=O) groups excluding carboxylic acids is 2. The summed E-state index contributed by atoms with van der Waals surface area (Å²) in [6, 6.07) is 0. The minimum atomic E-state index is -0.540. The molecule has 0 aliphatic carbocycles. The van der Waals surface area contributed by atoms with Gasteiger partial charge in [-0.1, -0.05) is 224 Å². The lowest BCUT2D eigenvalue weighted by Gasteiger charge is -2.18. The van der Waals surface area contributed by atoms with E-state index in [-0.39, 0.29) is 25.2 Å². The average Bonchev–Trinajstić information content (AvgIpc) is 3.25. The molecule has 0 aromatic heterocycles. The van der Waals surface area contributed by atoms with E-state index in [1.165, 1.54) is 186 Å². The van der Waals surface area contributed by atoms with E-state index in [9.17, 15) is 9.59 Å². The van der Waals surface area contributed by atoms with E-state index < -0.39 is 6.10 Å². The Balaban J connectivity index is 4.26. The zero-order chi connectivity index (χ0) is 43.5. The molecule has 0 aliphatic heterocycles. The molecule has 0 aromatic rings. The second-order valence-corrected chi connectivity index (χ2v) is 17.8. The maximum Gasteiger partial charge on any atom is 0.306 e. The summed E-state index contributed by atoms with van der Waals surface area (Å²) in [6.07, 6.45) is 61.5. The summed E-state index contributed by atoms with van der Waals surface area (Å²) < 4.78 is 17.4. The minimum Gasteiger partial charge on any atom is -0.462 e. The van der Waals surface area contributed by atoms with Gasteiger partial charge in [0.25, 0.3) is 0 Å². The highest BCUT2D eigenvalue weighted by Crippen LogP contribution is 2.15. The first-order valence-electron chi connectivity index (χ1n) is 26.5. The van der Waals surface area contributed by atoms with Gasteiger partial charge >= 0.3 is 11.9 Å². The third-order valence-electron chi connectivity index (χ3n) is 11.6. The SMILES string of the molecule is CCCCC/C=C\C/C=C\CCCCCCCC(=O)OCC(COCCCCCCCC/C=C\CCCCCCCC)OC(=O)CCCCCCCCCCCCCCC. The van der Waals surface area contributed by atoms with Gasteiger partial charge < -0.3 is 14.2 Å². The largest absolute Gasteiger partial charge is 0.462 e. The van der Waals surface area contributed by atoms with Crippen molar-refractivity contribution >= 4 is 11.9 Å². The molecule has 0 radical (unpaired) electrons. The molecule has 5 nitrogen and oxygen atoms in total. The van der Waals surface area contributed by atoms with Crippen LogP contribution < -0.4 is 0 Å². The van der Waals surface area contributed by atoms with E-state index in [1.54, 1.807) is 0 Å². The average molecular weight is 843 g/mol. The van der Waals surface area contributed by atoms with Crippen LogP contribution in [0.4, 0.5) is 0 Å². The molecule has 0 saturated heterocycles. The molecule has 60 heavy (non-hydrogen) atoms. The fourth-order valence-corrected chi connectivity index (χ4v) is 7.65. The highest BCUT2D eigenvalue weighted by molar-refractivity contribution is 5.70. The van der Waals surface area contributed by atoms with Crippen molar-refractivity contribution in [1.82, 2.24) is 0 Å². The fraction of sp³-hybridized carbons (Fsp3) is 0.855. The first kappa shape index (κ1) is 58.1. The Morgan fingerprint density at radius 1 is 0.367 bits per heavy atom. The number of esters is 2. The standard InChI is InChI=1S/C55H102O5/c1-4-7-10-13-16-19-22-25-27-29-32-35-38-41-44-47-50-58-51-53(60-55(57)49-46-43-40-37-34-30-24-21-18-15-12-9-6-3)52-59-54(56)48-45-42-39-36-33-31-28-26-23-20-17-14-11-8-5-2/h17,20,25-28,53H,4-16,18-19,21-24,29-52H2,1-3H3/b20-17-,27-25-,28-26-. The number of unbranched alkanes of at least 4 members (excludes halogenated alkanes) is 32. The number of hydrogen-bond donors (Lipinski definition) is 0. The normalized spacial score (nSPS) is 12.4. The smallest absolute Gasteiger partial charge is 0.306 e. The molecule has 352 valence electrons. The second kappa shape index (κ2) is 51.5. The van der Waals surface area contributed by atoms with Crippen LogP contribution in [0.2, 0.25) is 0 Å². The van der Waals surface area contributed by atoms with Gasteiger partial charge in [-0.15, -0.1) is 0 Å². The van der Waals surface area contributed by atoms with Crippen LogP contribution in [-0.2, 0) is 23.8 Å². The van der Waals surface area contributed by atoms with Crippen LogP contribution in [0.15, 0.2) is 36.5 Å². The zero-order valence-electron chi connectivity index (χ0n) is 40.5. The van der Waals surface area contributed by atoms with Crippen LogP contribution in [0.3, 0.4) is 0 Å². The van der Waals surface area contributed by atoms with Crippen LogP contribution in [0, 0.1) is 0 Å². The first-order valence-corrected chi connectivity index (χ1v) is 26.5. The van der Waals surface area contributed by atoms with Crippen LogP contribution in [0.25, 0.3) is 0 Å². The molecule has 0 aromatic carbocycles. The zero-order valence-corrected chi connectivity index (χ0v) is 40.5. The molecule has 5 heteroatoms. The molecular formula is C55H102O5. The summed E-state index contributed by atoms with van der Waals surface area (Å²) in [4.78, 5) is 25.4. The lowest BCUT2D eigenvalue weighted by Crippen LogP contribution is -2.30. The van der Waals surface area contributed by atoms with Crippen LogP contribution in [-0.4, -0.2) is 37.9 Å². The molecule has 0 saturated carbocycles. The summed E-state index contributed by atoms with van der Waals surface area (Å²) in [7, 11) is 0. The van der Waals surface area contributed by atoms with E-state index in [2.05, 4.69) is 57.2 Å². The van der Waals surface area contributed by atoms with E-state index in [0.717, 1.165) is 57.8 Å². The summed E-state index contributed by atoms with van der Waals surface area (Å²) in [5, 5.41) is 0. The van der Waals surface area contributed by atoms with Crippen molar-refractivity contribution < 1.29 is 23.8 Å². The molecule has 0 rings (SSSR count). The lowest BCUT2D eigenvalue weighted by atomic mass is 10.0. The van der Waals surface area contributed by atoms with Crippen molar-refractivity contribution in [3.8, 4) is 0 Å². The number of allylic oxidation sites excluding steroid dienone is 6. The second-order valence-electron chi connectivity index (χ2n) is 17.8. The van der Waals surface area contributed by atoms with E-state index in [0.29, 0.717) is 19.4 Å². The van der Waals surface area contributed by atoms with E-state index in [4.69, 9.17) is 14.2 Å². The number of carbonyl (C=O) groups is 2. The monoisotopic (exact) mass is 843 g/mol. The molecule has 1 unspecified atom stereocenters. The number of ether oxygens (including phenoxy) is 3. The summed E-state index contributed by atoms with van der Waals surface area (Å²) in [5.74, 6) is -0.403. The number of hydrogen-bond acceptors (Lipinski definition) is 5. The Morgan fingerprint density at radius 3 is 1.15 bits per heavy atom. The Kier molecular flexibility index (Phi) is 49.9. The summed E-state index contributed by atoms with van der Waals surface area (Å²) in [6.45, 7) is 7.81. The highest BCUT2D eigenvalue weighted by Gasteiger charge is 2.17. The fourth-order valence-electron chi connectivity index (χ4n) is 7.65. The third kappa shape index (κ3) is 48.8. The minimum absolute atomic E-state index is 0.0802. The van der Waals surface area contributed by atoms with Gasteiger partial charge in [0.15, 0.2) is 6.10 Å². The van der Waals surface area contributed by atoms with Crippen LogP contribution >= 0.6 is 0 Å². The van der Waals surface area contributed by atoms with Crippen molar-refractivity contribution in [2.45, 2.75) is 284 Å². The topological polar surface area (TPSA) is 61.8 Å². The Labute approximate surface area is 374 Å². The Morgan fingerprint density at radius 2 is 0.700 bits per heavy atom. The molecule has 0 fully saturated rings. The van der Waals surface area contributed by atoms with E-state index in [1.807, 2.05) is 0 Å². The van der Waals surface area contributed by atoms with Crippen LogP contribution in [0.5, 0.6) is 0 Å². The summed E-state index contributed by atoms with van der Waals surface area (Å²) in [5.41, 5.74) is 0. The van der Waals surface area contributed by atoms with E-state index >= 15 is 0 Å². The molecular weight excluding hydrogens is 741 g/mol. The van der Waals surface area contributed by atoms with Gasteiger partial charge in [-0.25, -0.2) is 0 Å². The molecule has 0 spiro atoms. The predicted molar refractivity (Wildman–Crippen MR) is 261 cm³/mol. The molecule has 0 heterocycles. The number of rotatable bonds is 49. The quantitative estimate of drug-likeness (QED) is 0.0347. The van der Waals surface area contributed by atoms with Gasteiger partial charge in [0.1, 0.15) is 6.61 Å². The van der Waals surface area contributed by atoms with Crippen molar-refractivity contribution in [1.29, 1.82) is 0 Å².